The Labute approximate surface area is 205 Å². The van der Waals surface area contributed by atoms with Crippen molar-refractivity contribution in [2.75, 3.05) is 13.2 Å². The fraction of sp³-hybridized carbons (Fsp3) is 0.417. The van der Waals surface area contributed by atoms with Gasteiger partial charge in [0, 0.05) is 23.7 Å². The van der Waals surface area contributed by atoms with Gasteiger partial charge >= 0.3 is 0 Å². The summed E-state index contributed by atoms with van der Waals surface area (Å²) in [6, 6.07) is 8.01. The van der Waals surface area contributed by atoms with E-state index in [1.54, 1.807) is 0 Å². The van der Waals surface area contributed by atoms with E-state index < -0.39 is 11.6 Å². The first kappa shape index (κ1) is 24.5. The third-order valence-corrected chi connectivity index (χ3v) is 7.04. The van der Waals surface area contributed by atoms with E-state index in [0.29, 0.717) is 0 Å². The molecule has 34 heavy (non-hydrogen) atoms. The number of rotatable bonds is 8. The number of hydrogen-bond acceptors (Lipinski definition) is 4. The van der Waals surface area contributed by atoms with E-state index in [2.05, 4.69) is 10.6 Å². The standard InChI is InChI=1S/C24H24Cl2F2N2O4/c25-17-3-1-15(9-19(17)27)33-12-22(31)29-21-6-8-24(7-5-14(21)11-24)30-23(32)13-34-16-2-4-18(26)20(28)10-16/h1-4,9-10,14,21H,5-8,11-13H2,(H,29,31)(H,30,32)/t14-,21?,24?/m1/s1. The summed E-state index contributed by atoms with van der Waals surface area (Å²) in [6.45, 7) is -0.453. The van der Waals surface area contributed by atoms with Gasteiger partial charge in [-0.25, -0.2) is 8.78 Å². The van der Waals surface area contributed by atoms with E-state index in [1.165, 1.54) is 24.3 Å². The summed E-state index contributed by atoms with van der Waals surface area (Å²) < 4.78 is 37.8. The van der Waals surface area contributed by atoms with Crippen molar-refractivity contribution in [2.45, 2.75) is 43.7 Å². The van der Waals surface area contributed by atoms with Crippen molar-refractivity contribution in [1.82, 2.24) is 10.6 Å². The molecule has 182 valence electrons. The zero-order chi connectivity index (χ0) is 24.3. The lowest BCUT2D eigenvalue weighted by Crippen LogP contribution is -2.53. The summed E-state index contributed by atoms with van der Waals surface area (Å²) in [5, 5.41) is 6.06. The Balaban J connectivity index is 1.22. The highest BCUT2D eigenvalue weighted by Gasteiger charge is 2.47. The molecule has 3 atom stereocenters. The predicted molar refractivity (Wildman–Crippen MR) is 123 cm³/mol. The highest BCUT2D eigenvalue weighted by atomic mass is 35.5. The Kier molecular flexibility index (Phi) is 7.48. The number of fused-ring (bicyclic) bond motifs is 2. The minimum atomic E-state index is -0.609. The molecule has 0 radical (unpaired) electrons. The molecule has 2 aromatic rings. The van der Waals surface area contributed by atoms with Crippen LogP contribution in [-0.4, -0.2) is 36.6 Å². The number of carbonyl (C=O) groups excluding carboxylic acids is 2. The second kappa shape index (κ2) is 10.4. The molecule has 2 aliphatic rings. The van der Waals surface area contributed by atoms with Gasteiger partial charge in [0.15, 0.2) is 13.2 Å². The predicted octanol–water partition coefficient (Wildman–Crippen LogP) is 4.66. The van der Waals surface area contributed by atoms with Crippen molar-refractivity contribution in [2.24, 2.45) is 5.92 Å². The molecule has 2 bridgehead atoms. The average molecular weight is 513 g/mol. The molecule has 0 heterocycles. The van der Waals surface area contributed by atoms with Crippen molar-refractivity contribution in [3.8, 4) is 11.5 Å². The van der Waals surface area contributed by atoms with Gasteiger partial charge in [-0.3, -0.25) is 9.59 Å². The SMILES string of the molecule is O=C(COc1ccc(Cl)c(F)c1)NC1CCC2(NC(=O)COc3ccc(Cl)c(F)c3)CC[C@@H]1C2. The maximum Gasteiger partial charge on any atom is 0.258 e. The van der Waals surface area contributed by atoms with Gasteiger partial charge < -0.3 is 20.1 Å². The van der Waals surface area contributed by atoms with Crippen LogP contribution in [-0.2, 0) is 9.59 Å². The molecule has 0 aromatic heterocycles. The fourth-order valence-corrected chi connectivity index (χ4v) is 5.02. The smallest absolute Gasteiger partial charge is 0.258 e. The van der Waals surface area contributed by atoms with Gasteiger partial charge in [0.05, 0.1) is 10.0 Å². The number of amides is 2. The number of halogens is 4. The molecule has 2 aliphatic carbocycles. The number of carbonyl (C=O) groups is 2. The van der Waals surface area contributed by atoms with E-state index in [1.807, 2.05) is 0 Å². The molecule has 2 saturated carbocycles. The van der Waals surface area contributed by atoms with Crippen molar-refractivity contribution in [3.05, 3.63) is 58.1 Å². The van der Waals surface area contributed by atoms with E-state index in [0.717, 1.165) is 44.2 Å². The molecule has 6 nitrogen and oxygen atoms in total. The van der Waals surface area contributed by atoms with Gasteiger partial charge in [-0.1, -0.05) is 23.2 Å². The number of nitrogens with one attached hydrogen (secondary N) is 2. The van der Waals surface area contributed by atoms with Crippen LogP contribution in [0.3, 0.4) is 0 Å². The molecular formula is C24H24Cl2F2N2O4. The number of ether oxygens (including phenoxy) is 2. The zero-order valence-electron chi connectivity index (χ0n) is 18.2. The molecule has 0 spiro atoms. The van der Waals surface area contributed by atoms with E-state index in [9.17, 15) is 18.4 Å². The molecule has 2 fully saturated rings. The van der Waals surface area contributed by atoms with E-state index >= 15 is 0 Å². The minimum Gasteiger partial charge on any atom is -0.484 e. The summed E-state index contributed by atoms with van der Waals surface area (Å²) in [6.07, 6.45) is 3.88. The molecule has 0 aliphatic heterocycles. The van der Waals surface area contributed by atoms with Crippen LogP contribution in [0.25, 0.3) is 0 Å². The van der Waals surface area contributed by atoms with Crippen molar-refractivity contribution >= 4 is 35.0 Å². The van der Waals surface area contributed by atoms with Crippen LogP contribution in [0.1, 0.15) is 32.1 Å². The van der Waals surface area contributed by atoms with Crippen LogP contribution in [0.4, 0.5) is 8.78 Å². The third-order valence-electron chi connectivity index (χ3n) is 6.42. The topological polar surface area (TPSA) is 76.7 Å². The summed E-state index contributed by atoms with van der Waals surface area (Å²) >= 11 is 11.3. The quantitative estimate of drug-likeness (QED) is 0.539. The molecule has 0 saturated heterocycles. The summed E-state index contributed by atoms with van der Waals surface area (Å²) in [5.74, 6) is -1.09. The van der Waals surface area contributed by atoms with Gasteiger partial charge in [0.2, 0.25) is 0 Å². The van der Waals surface area contributed by atoms with Crippen molar-refractivity contribution < 1.29 is 27.8 Å². The second-order valence-corrected chi connectivity index (χ2v) is 9.59. The van der Waals surface area contributed by atoms with Crippen LogP contribution in [0.15, 0.2) is 36.4 Å². The maximum absolute atomic E-state index is 13.5. The second-order valence-electron chi connectivity index (χ2n) is 8.77. The number of benzene rings is 2. The maximum atomic E-state index is 13.5. The normalized spacial score (nSPS) is 23.3. The first-order valence-corrected chi connectivity index (χ1v) is 11.7. The molecule has 4 rings (SSSR count). The summed E-state index contributed by atoms with van der Waals surface area (Å²) in [5.41, 5.74) is -0.324. The van der Waals surface area contributed by atoms with Crippen LogP contribution in [0.2, 0.25) is 10.0 Å². The Morgan fingerprint density at radius 1 is 0.912 bits per heavy atom. The van der Waals surface area contributed by atoms with E-state index in [4.69, 9.17) is 32.7 Å². The lowest BCUT2D eigenvalue weighted by atomic mass is 9.80. The lowest BCUT2D eigenvalue weighted by Gasteiger charge is -2.38. The van der Waals surface area contributed by atoms with Gasteiger partial charge in [-0.2, -0.15) is 0 Å². The average Bonchev–Trinajstić information content (AvgIpc) is 3.15. The first-order valence-electron chi connectivity index (χ1n) is 11.0. The Bertz CT molecular complexity index is 1090. The first-order chi connectivity index (χ1) is 16.2. The molecule has 10 heteroatoms. The Morgan fingerprint density at radius 3 is 2.06 bits per heavy atom. The fourth-order valence-electron chi connectivity index (χ4n) is 4.78. The third kappa shape index (κ3) is 5.91. The van der Waals surface area contributed by atoms with Crippen LogP contribution in [0, 0.1) is 17.6 Å². The highest BCUT2D eigenvalue weighted by molar-refractivity contribution is 6.31. The van der Waals surface area contributed by atoms with Crippen LogP contribution >= 0.6 is 23.2 Å². The van der Waals surface area contributed by atoms with Crippen LogP contribution < -0.4 is 20.1 Å². The molecule has 2 unspecified atom stereocenters. The minimum absolute atomic E-state index is 0.0121. The van der Waals surface area contributed by atoms with Crippen molar-refractivity contribution in [1.29, 1.82) is 0 Å². The lowest BCUT2D eigenvalue weighted by molar-refractivity contribution is -0.126. The number of hydrogen-bond donors (Lipinski definition) is 2. The van der Waals surface area contributed by atoms with E-state index in [-0.39, 0.29) is 64.1 Å². The molecule has 2 aromatic carbocycles. The van der Waals surface area contributed by atoms with Gasteiger partial charge in [-0.05, 0) is 62.3 Å². The Morgan fingerprint density at radius 2 is 1.47 bits per heavy atom. The molecular weight excluding hydrogens is 489 g/mol. The molecule has 2 amide bonds. The van der Waals surface area contributed by atoms with Gasteiger partial charge in [-0.15, -0.1) is 0 Å². The monoisotopic (exact) mass is 512 g/mol. The van der Waals surface area contributed by atoms with Crippen LogP contribution in [0.5, 0.6) is 11.5 Å². The van der Waals surface area contributed by atoms with Gasteiger partial charge in [0.1, 0.15) is 23.1 Å². The molecule has 2 N–H and O–H groups in total. The highest BCUT2D eigenvalue weighted by Crippen LogP contribution is 2.45. The zero-order valence-corrected chi connectivity index (χ0v) is 19.7. The largest absolute Gasteiger partial charge is 0.484 e. The summed E-state index contributed by atoms with van der Waals surface area (Å²) in [7, 11) is 0. The Hall–Kier alpha value is -2.58. The summed E-state index contributed by atoms with van der Waals surface area (Å²) in [4.78, 5) is 24.8. The van der Waals surface area contributed by atoms with Crippen molar-refractivity contribution in [3.63, 3.8) is 0 Å². The van der Waals surface area contributed by atoms with Gasteiger partial charge in [0.25, 0.3) is 11.8 Å².